The van der Waals surface area contributed by atoms with Crippen molar-refractivity contribution in [1.29, 1.82) is 0 Å². The second-order valence-corrected chi connectivity index (χ2v) is 10.6. The summed E-state index contributed by atoms with van der Waals surface area (Å²) in [5.74, 6) is 0.444. The molecule has 6 rings (SSSR count). The number of imide groups is 1. The molecule has 2 heterocycles. The van der Waals surface area contributed by atoms with Crippen molar-refractivity contribution in [2.75, 3.05) is 13.1 Å². The van der Waals surface area contributed by atoms with Crippen LogP contribution in [0.1, 0.15) is 66.7 Å². The van der Waals surface area contributed by atoms with Crippen LogP contribution in [0.3, 0.4) is 0 Å². The molecular weight excluding hydrogens is 442 g/mol. The molecule has 2 N–H and O–H groups in total. The van der Waals surface area contributed by atoms with E-state index in [1.807, 2.05) is 35.2 Å². The third-order valence-corrected chi connectivity index (χ3v) is 8.32. The van der Waals surface area contributed by atoms with E-state index in [-0.39, 0.29) is 24.3 Å². The van der Waals surface area contributed by atoms with Crippen LogP contribution in [0, 0.1) is 5.92 Å². The summed E-state index contributed by atoms with van der Waals surface area (Å²) in [5.41, 5.74) is 2.67. The maximum Gasteiger partial charge on any atom is 0.415 e. The number of benzene rings is 2. The maximum atomic E-state index is 13.8. The molecule has 3 atom stereocenters. The van der Waals surface area contributed by atoms with E-state index in [1.54, 1.807) is 0 Å². The van der Waals surface area contributed by atoms with E-state index in [0.29, 0.717) is 24.8 Å². The smallest absolute Gasteiger partial charge is 0.415 e. The van der Waals surface area contributed by atoms with Crippen LogP contribution in [0.4, 0.5) is 4.79 Å². The zero-order valence-electron chi connectivity index (χ0n) is 20.0. The Labute approximate surface area is 205 Å². The summed E-state index contributed by atoms with van der Waals surface area (Å²) in [6, 6.07) is 16.4. The van der Waals surface area contributed by atoms with Gasteiger partial charge in [0.2, 0.25) is 11.5 Å². The lowest BCUT2D eigenvalue weighted by atomic mass is 9.88. The van der Waals surface area contributed by atoms with Gasteiger partial charge in [0.15, 0.2) is 0 Å². The van der Waals surface area contributed by atoms with Crippen LogP contribution < -0.4 is 10.6 Å². The van der Waals surface area contributed by atoms with Gasteiger partial charge in [0.25, 0.3) is 5.91 Å². The zero-order valence-corrected chi connectivity index (χ0v) is 20.0. The standard InChI is InChI=1S/C28H31N3O4/c1-17(19-7-8-19)31(16-18-5-3-2-4-6-18)25(32)12-21-13-28(26(33)30-27(34)35-28)24-10-9-20(11-23(21)24)22-14-29-15-22/h2-6,9-11,17,19,21-22,29H,7-8,12-16H2,1H3,(H,30,33,34)/t17-,21?,28+/m0/s1. The van der Waals surface area contributed by atoms with Gasteiger partial charge in [0.05, 0.1) is 0 Å². The number of alkyl carbamates (subject to hydrolysis) is 1. The monoisotopic (exact) mass is 473 g/mol. The molecule has 1 saturated carbocycles. The summed E-state index contributed by atoms with van der Waals surface area (Å²) in [4.78, 5) is 40.8. The third kappa shape index (κ3) is 3.92. The molecule has 0 aromatic heterocycles. The number of nitrogens with zero attached hydrogens (tertiary/aromatic N) is 1. The van der Waals surface area contributed by atoms with Gasteiger partial charge in [0, 0.05) is 50.0 Å². The summed E-state index contributed by atoms with van der Waals surface area (Å²) in [6.07, 6.45) is 2.19. The van der Waals surface area contributed by atoms with Crippen molar-refractivity contribution >= 4 is 17.9 Å². The highest BCUT2D eigenvalue weighted by Gasteiger charge is 2.57. The van der Waals surface area contributed by atoms with Crippen LogP contribution in [0.5, 0.6) is 0 Å². The highest BCUT2D eigenvalue weighted by atomic mass is 16.6. The molecular formula is C28H31N3O4. The molecule has 1 unspecified atom stereocenters. The molecule has 2 aliphatic heterocycles. The first-order valence-corrected chi connectivity index (χ1v) is 12.7. The van der Waals surface area contributed by atoms with E-state index >= 15 is 0 Å². The third-order valence-electron chi connectivity index (χ3n) is 8.32. The largest absolute Gasteiger partial charge is 0.427 e. The Morgan fingerprint density at radius 3 is 2.54 bits per heavy atom. The van der Waals surface area contributed by atoms with Gasteiger partial charge in [-0.05, 0) is 48.3 Å². The van der Waals surface area contributed by atoms with Gasteiger partial charge in [0.1, 0.15) is 0 Å². The van der Waals surface area contributed by atoms with Crippen LogP contribution in [0.2, 0.25) is 0 Å². The van der Waals surface area contributed by atoms with Crippen molar-refractivity contribution < 1.29 is 19.1 Å². The molecule has 182 valence electrons. The van der Waals surface area contributed by atoms with Crippen LogP contribution in [-0.4, -0.2) is 41.9 Å². The van der Waals surface area contributed by atoms with Crippen molar-refractivity contribution in [3.05, 3.63) is 70.8 Å². The molecule has 2 aliphatic carbocycles. The number of carbonyl (C=O) groups excluding carboxylic acids is 3. The first kappa shape index (κ1) is 22.3. The Morgan fingerprint density at radius 1 is 1.14 bits per heavy atom. The summed E-state index contributed by atoms with van der Waals surface area (Å²) in [6.45, 7) is 4.57. The van der Waals surface area contributed by atoms with Crippen LogP contribution in [0.15, 0.2) is 48.5 Å². The Bertz CT molecular complexity index is 1170. The summed E-state index contributed by atoms with van der Waals surface area (Å²) in [7, 11) is 0. The number of nitrogens with one attached hydrogen (secondary N) is 2. The summed E-state index contributed by atoms with van der Waals surface area (Å²) >= 11 is 0. The fourth-order valence-corrected chi connectivity index (χ4v) is 5.95. The van der Waals surface area contributed by atoms with Crippen molar-refractivity contribution in [3.63, 3.8) is 0 Å². The SMILES string of the molecule is C[C@@H](C1CC1)N(Cc1ccccc1)C(=O)CC1C[C@@]2(OC(=O)NC2=O)c2ccc(C3CNC3)cc21. The Kier molecular flexibility index (Phi) is 5.40. The maximum absolute atomic E-state index is 13.8. The molecule has 1 spiro atoms. The van der Waals surface area contributed by atoms with E-state index in [1.165, 1.54) is 5.56 Å². The minimum atomic E-state index is -1.33. The number of hydrogen-bond donors (Lipinski definition) is 2. The van der Waals surface area contributed by atoms with E-state index in [9.17, 15) is 14.4 Å². The van der Waals surface area contributed by atoms with E-state index in [0.717, 1.165) is 42.6 Å². The normalized spacial score (nSPS) is 26.1. The second kappa shape index (κ2) is 8.48. The predicted octanol–water partition coefficient (Wildman–Crippen LogP) is 3.54. The fraction of sp³-hybridized carbons (Fsp3) is 0.464. The molecule has 2 saturated heterocycles. The lowest BCUT2D eigenvalue weighted by molar-refractivity contribution is -0.136. The summed E-state index contributed by atoms with van der Waals surface area (Å²) in [5, 5.41) is 5.62. The highest BCUT2D eigenvalue weighted by Crippen LogP contribution is 2.51. The number of ether oxygens (including phenoxy) is 1. The van der Waals surface area contributed by atoms with Crippen molar-refractivity contribution in [3.8, 4) is 0 Å². The highest BCUT2D eigenvalue weighted by molar-refractivity contribution is 6.04. The fourth-order valence-electron chi connectivity index (χ4n) is 5.95. The molecule has 7 heteroatoms. The van der Waals surface area contributed by atoms with Crippen molar-refractivity contribution in [2.45, 2.75) is 62.6 Å². The molecule has 3 amide bonds. The number of fused-ring (bicyclic) bond motifs is 2. The average Bonchev–Trinajstić information content (AvgIpc) is 3.56. The average molecular weight is 474 g/mol. The quantitative estimate of drug-likeness (QED) is 0.642. The van der Waals surface area contributed by atoms with Crippen molar-refractivity contribution in [2.24, 2.45) is 5.92 Å². The first-order chi connectivity index (χ1) is 16.9. The molecule has 3 fully saturated rings. The van der Waals surface area contributed by atoms with Gasteiger partial charge >= 0.3 is 6.09 Å². The Balaban J connectivity index is 1.31. The van der Waals surface area contributed by atoms with E-state index in [2.05, 4.69) is 35.8 Å². The molecule has 7 nitrogen and oxygen atoms in total. The number of rotatable bonds is 7. The van der Waals surface area contributed by atoms with Gasteiger partial charge in [-0.15, -0.1) is 0 Å². The van der Waals surface area contributed by atoms with Crippen LogP contribution in [-0.2, 0) is 26.5 Å². The minimum Gasteiger partial charge on any atom is -0.427 e. The lowest BCUT2D eigenvalue weighted by Gasteiger charge is -2.31. The molecule has 2 aromatic rings. The zero-order chi connectivity index (χ0) is 24.2. The van der Waals surface area contributed by atoms with Gasteiger partial charge in [-0.3, -0.25) is 14.9 Å². The van der Waals surface area contributed by atoms with Gasteiger partial charge in [-0.25, -0.2) is 4.79 Å². The molecule has 2 aromatic carbocycles. The Hall–Kier alpha value is -3.19. The molecule has 0 bridgehead atoms. The van der Waals surface area contributed by atoms with Crippen molar-refractivity contribution in [1.82, 2.24) is 15.5 Å². The molecule has 0 radical (unpaired) electrons. The first-order valence-electron chi connectivity index (χ1n) is 12.7. The lowest BCUT2D eigenvalue weighted by Crippen LogP contribution is -2.40. The van der Waals surface area contributed by atoms with Crippen LogP contribution in [0.25, 0.3) is 0 Å². The molecule has 4 aliphatic rings. The second-order valence-electron chi connectivity index (χ2n) is 10.6. The number of amides is 3. The van der Waals surface area contributed by atoms with Gasteiger partial charge in [-0.1, -0.05) is 48.5 Å². The van der Waals surface area contributed by atoms with Gasteiger partial charge in [-0.2, -0.15) is 0 Å². The topological polar surface area (TPSA) is 87.7 Å². The predicted molar refractivity (Wildman–Crippen MR) is 130 cm³/mol. The number of carbonyl (C=O) groups is 3. The van der Waals surface area contributed by atoms with Gasteiger partial charge < -0.3 is 15.0 Å². The van der Waals surface area contributed by atoms with Crippen LogP contribution >= 0.6 is 0 Å². The minimum absolute atomic E-state index is 0.0849. The van der Waals surface area contributed by atoms with E-state index in [4.69, 9.17) is 4.74 Å². The molecule has 35 heavy (non-hydrogen) atoms. The van der Waals surface area contributed by atoms with E-state index < -0.39 is 17.6 Å². The Morgan fingerprint density at radius 2 is 1.91 bits per heavy atom. The number of hydrogen-bond acceptors (Lipinski definition) is 5. The summed E-state index contributed by atoms with van der Waals surface area (Å²) < 4.78 is 5.62.